The number of thioether (sulfide) groups is 1. The van der Waals surface area contributed by atoms with Crippen LogP contribution in [0.1, 0.15) is 31.4 Å². The SMILES string of the molecule is CCCNC(=O)C(C)N(Cc1ccc(Cl)cc1Cl)C(=O)CSCc1ccc(Cl)cc1. The molecular weight excluding hydrogens is 463 g/mol. The van der Waals surface area contributed by atoms with E-state index in [0.29, 0.717) is 27.4 Å². The number of hydrogen-bond acceptors (Lipinski definition) is 3. The zero-order valence-electron chi connectivity index (χ0n) is 17.0. The molecule has 0 bridgehead atoms. The fourth-order valence-corrected chi connectivity index (χ4v) is 4.20. The van der Waals surface area contributed by atoms with Crippen LogP contribution in [0.2, 0.25) is 15.1 Å². The average molecular weight is 488 g/mol. The monoisotopic (exact) mass is 486 g/mol. The molecule has 0 saturated carbocycles. The summed E-state index contributed by atoms with van der Waals surface area (Å²) in [5, 5.41) is 4.53. The Morgan fingerprint density at radius 1 is 1.07 bits per heavy atom. The van der Waals surface area contributed by atoms with Crippen LogP contribution < -0.4 is 5.32 Å². The number of carbonyl (C=O) groups is 2. The maximum Gasteiger partial charge on any atom is 0.242 e. The van der Waals surface area contributed by atoms with E-state index in [2.05, 4.69) is 5.32 Å². The quantitative estimate of drug-likeness (QED) is 0.459. The molecule has 2 rings (SSSR count). The van der Waals surface area contributed by atoms with Crippen LogP contribution in [0.4, 0.5) is 0 Å². The van der Waals surface area contributed by atoms with E-state index in [0.717, 1.165) is 17.5 Å². The second kappa shape index (κ2) is 12.5. The third-order valence-electron chi connectivity index (χ3n) is 4.48. The van der Waals surface area contributed by atoms with E-state index in [1.807, 2.05) is 31.2 Å². The molecule has 162 valence electrons. The highest BCUT2D eigenvalue weighted by atomic mass is 35.5. The first-order valence-electron chi connectivity index (χ1n) is 9.65. The Bertz CT molecular complexity index is 862. The lowest BCUT2D eigenvalue weighted by Gasteiger charge is -2.29. The Morgan fingerprint density at radius 2 is 1.73 bits per heavy atom. The molecule has 1 N–H and O–H groups in total. The number of carbonyl (C=O) groups excluding carboxylic acids is 2. The van der Waals surface area contributed by atoms with Gasteiger partial charge in [0, 0.05) is 33.9 Å². The molecule has 1 atom stereocenters. The summed E-state index contributed by atoms with van der Waals surface area (Å²) >= 11 is 19.7. The number of nitrogens with one attached hydrogen (secondary N) is 1. The van der Waals surface area contributed by atoms with Crippen LogP contribution in [0.3, 0.4) is 0 Å². The normalized spacial score (nSPS) is 11.8. The Kier molecular flexibility index (Phi) is 10.3. The number of nitrogens with zero attached hydrogens (tertiary/aromatic N) is 1. The van der Waals surface area contributed by atoms with Crippen LogP contribution in [0, 0.1) is 0 Å². The van der Waals surface area contributed by atoms with Gasteiger partial charge in [-0.3, -0.25) is 9.59 Å². The lowest BCUT2D eigenvalue weighted by Crippen LogP contribution is -2.48. The van der Waals surface area contributed by atoms with Crippen LogP contribution in [0.25, 0.3) is 0 Å². The summed E-state index contributed by atoms with van der Waals surface area (Å²) in [6.07, 6.45) is 0.826. The first-order chi connectivity index (χ1) is 14.3. The molecule has 0 aliphatic carbocycles. The minimum atomic E-state index is -0.619. The first-order valence-corrected chi connectivity index (χ1v) is 11.9. The molecule has 0 spiro atoms. The smallest absolute Gasteiger partial charge is 0.242 e. The van der Waals surface area contributed by atoms with Gasteiger partial charge in [-0.05, 0) is 48.7 Å². The zero-order valence-corrected chi connectivity index (χ0v) is 20.0. The minimum absolute atomic E-state index is 0.126. The van der Waals surface area contributed by atoms with Crippen molar-refractivity contribution in [3.05, 3.63) is 68.7 Å². The van der Waals surface area contributed by atoms with Crippen LogP contribution in [0.5, 0.6) is 0 Å². The predicted molar refractivity (Wildman–Crippen MR) is 127 cm³/mol. The second-order valence-corrected chi connectivity index (χ2v) is 9.11. The highest BCUT2D eigenvalue weighted by Gasteiger charge is 2.26. The summed E-state index contributed by atoms with van der Waals surface area (Å²) in [7, 11) is 0. The maximum absolute atomic E-state index is 13.0. The zero-order chi connectivity index (χ0) is 22.1. The number of amides is 2. The molecule has 0 fully saturated rings. The summed E-state index contributed by atoms with van der Waals surface area (Å²) in [4.78, 5) is 27.1. The van der Waals surface area contributed by atoms with Crippen LogP contribution in [-0.4, -0.2) is 35.1 Å². The van der Waals surface area contributed by atoms with Gasteiger partial charge in [0.15, 0.2) is 0 Å². The minimum Gasteiger partial charge on any atom is -0.354 e. The first kappa shape index (κ1) is 24.9. The summed E-state index contributed by atoms with van der Waals surface area (Å²) in [5.74, 6) is 0.616. The largest absolute Gasteiger partial charge is 0.354 e. The summed E-state index contributed by atoms with van der Waals surface area (Å²) in [5.41, 5.74) is 1.82. The molecule has 0 aliphatic rings. The summed E-state index contributed by atoms with van der Waals surface area (Å²) in [6.45, 7) is 4.51. The molecule has 0 heterocycles. The molecule has 0 aliphatic heterocycles. The van der Waals surface area contributed by atoms with E-state index in [1.165, 1.54) is 11.8 Å². The maximum atomic E-state index is 13.0. The second-order valence-electron chi connectivity index (χ2n) is 6.84. The van der Waals surface area contributed by atoms with Crippen molar-refractivity contribution in [2.45, 2.75) is 38.6 Å². The van der Waals surface area contributed by atoms with Gasteiger partial charge in [-0.1, -0.05) is 59.9 Å². The molecule has 2 aromatic carbocycles. The third-order valence-corrected chi connectivity index (χ3v) is 6.31. The topological polar surface area (TPSA) is 49.4 Å². The van der Waals surface area contributed by atoms with E-state index >= 15 is 0 Å². The molecule has 1 unspecified atom stereocenters. The molecule has 4 nitrogen and oxygen atoms in total. The highest BCUT2D eigenvalue weighted by Crippen LogP contribution is 2.24. The van der Waals surface area contributed by atoms with Gasteiger partial charge in [0.25, 0.3) is 0 Å². The van der Waals surface area contributed by atoms with Crippen LogP contribution in [0.15, 0.2) is 42.5 Å². The van der Waals surface area contributed by atoms with Gasteiger partial charge in [-0.25, -0.2) is 0 Å². The van der Waals surface area contributed by atoms with E-state index in [9.17, 15) is 9.59 Å². The highest BCUT2D eigenvalue weighted by molar-refractivity contribution is 7.99. The molecular formula is C22H25Cl3N2O2S. The lowest BCUT2D eigenvalue weighted by atomic mass is 10.1. The molecule has 2 aromatic rings. The van der Waals surface area contributed by atoms with Crippen molar-refractivity contribution in [1.82, 2.24) is 10.2 Å². The van der Waals surface area contributed by atoms with Gasteiger partial charge < -0.3 is 10.2 Å². The van der Waals surface area contributed by atoms with Crippen molar-refractivity contribution in [3.63, 3.8) is 0 Å². The van der Waals surface area contributed by atoms with Gasteiger partial charge in [-0.15, -0.1) is 11.8 Å². The Balaban J connectivity index is 2.09. The van der Waals surface area contributed by atoms with E-state index in [1.54, 1.807) is 30.0 Å². The average Bonchev–Trinajstić information content (AvgIpc) is 2.72. The number of rotatable bonds is 10. The fourth-order valence-electron chi connectivity index (χ4n) is 2.73. The molecule has 2 amide bonds. The van der Waals surface area contributed by atoms with Gasteiger partial charge >= 0.3 is 0 Å². The predicted octanol–water partition coefficient (Wildman–Crippen LogP) is 5.82. The molecule has 0 radical (unpaired) electrons. The van der Waals surface area contributed by atoms with Crippen LogP contribution >= 0.6 is 46.6 Å². The Hall–Kier alpha value is -1.40. The standard InChI is InChI=1S/C22H25Cl3N2O2S/c1-3-10-26-22(29)15(2)27(12-17-6-9-19(24)11-20(17)25)21(28)14-30-13-16-4-7-18(23)8-5-16/h4-9,11,15H,3,10,12-14H2,1-2H3,(H,26,29). The lowest BCUT2D eigenvalue weighted by molar-refractivity contribution is -0.138. The third kappa shape index (κ3) is 7.69. The van der Waals surface area contributed by atoms with Crippen molar-refractivity contribution < 1.29 is 9.59 Å². The Morgan fingerprint density at radius 3 is 2.37 bits per heavy atom. The number of hydrogen-bond donors (Lipinski definition) is 1. The van der Waals surface area contributed by atoms with E-state index < -0.39 is 6.04 Å². The van der Waals surface area contributed by atoms with Gasteiger partial charge in [0.2, 0.25) is 11.8 Å². The number of halogens is 3. The van der Waals surface area contributed by atoms with Crippen LogP contribution in [-0.2, 0) is 21.9 Å². The van der Waals surface area contributed by atoms with Crippen molar-refractivity contribution >= 4 is 58.4 Å². The molecule has 0 saturated heterocycles. The summed E-state index contributed by atoms with van der Waals surface area (Å²) < 4.78 is 0. The molecule has 30 heavy (non-hydrogen) atoms. The van der Waals surface area contributed by atoms with Gasteiger partial charge in [0.05, 0.1) is 5.75 Å². The van der Waals surface area contributed by atoms with Crippen molar-refractivity contribution in [2.24, 2.45) is 0 Å². The van der Waals surface area contributed by atoms with Gasteiger partial charge in [0.1, 0.15) is 6.04 Å². The number of benzene rings is 2. The van der Waals surface area contributed by atoms with E-state index in [4.69, 9.17) is 34.8 Å². The van der Waals surface area contributed by atoms with E-state index in [-0.39, 0.29) is 24.1 Å². The molecule has 0 aromatic heterocycles. The molecule has 8 heteroatoms. The van der Waals surface area contributed by atoms with Crippen molar-refractivity contribution in [2.75, 3.05) is 12.3 Å². The summed E-state index contributed by atoms with van der Waals surface area (Å²) in [6, 6.07) is 12.1. The van der Waals surface area contributed by atoms with Gasteiger partial charge in [-0.2, -0.15) is 0 Å². The fraction of sp³-hybridized carbons (Fsp3) is 0.364. The van der Waals surface area contributed by atoms with Crippen molar-refractivity contribution in [3.8, 4) is 0 Å². The Labute approximate surface area is 197 Å². The van der Waals surface area contributed by atoms with Crippen molar-refractivity contribution in [1.29, 1.82) is 0 Å².